The third-order valence-electron chi connectivity index (χ3n) is 2.08. The summed E-state index contributed by atoms with van der Waals surface area (Å²) < 4.78 is 10.1. The Morgan fingerprint density at radius 3 is 2.61 bits per heavy atom. The minimum atomic E-state index is -0.482. The lowest BCUT2D eigenvalue weighted by atomic mass is 10.2. The number of nitro benzene ring substituents is 1. The molecular weight excluding hydrogens is 238 g/mol. The van der Waals surface area contributed by atoms with Crippen LogP contribution in [0.25, 0.3) is 0 Å². The summed E-state index contributed by atoms with van der Waals surface area (Å²) in [4.78, 5) is 21.3. The highest BCUT2D eigenvalue weighted by atomic mass is 16.6. The van der Waals surface area contributed by atoms with E-state index < -0.39 is 10.9 Å². The first kappa shape index (κ1) is 14.0. The van der Waals surface area contributed by atoms with E-state index in [1.165, 1.54) is 18.2 Å². The molecule has 1 rings (SSSR count). The third kappa shape index (κ3) is 4.04. The van der Waals surface area contributed by atoms with Gasteiger partial charge in [-0.2, -0.15) is 0 Å². The summed E-state index contributed by atoms with van der Waals surface area (Å²) in [7, 11) is 0. The number of carbonyl (C=O) groups is 1. The molecule has 0 saturated heterocycles. The molecule has 0 aliphatic rings. The molecule has 98 valence electrons. The molecule has 18 heavy (non-hydrogen) atoms. The van der Waals surface area contributed by atoms with E-state index in [0.717, 1.165) is 0 Å². The lowest BCUT2D eigenvalue weighted by Gasteiger charge is -2.10. The Morgan fingerprint density at radius 2 is 2.11 bits per heavy atom. The first-order chi connectivity index (χ1) is 8.40. The van der Waals surface area contributed by atoms with E-state index in [-0.39, 0.29) is 18.4 Å². The first-order valence-electron chi connectivity index (χ1n) is 5.47. The second kappa shape index (κ2) is 6.00. The normalized spacial score (nSPS) is 10.2. The molecule has 1 aromatic rings. The Hall–Kier alpha value is -2.11. The minimum Gasteiger partial charge on any atom is -0.482 e. The molecule has 0 spiro atoms. The largest absolute Gasteiger partial charge is 0.482 e. The van der Waals surface area contributed by atoms with E-state index >= 15 is 0 Å². The highest BCUT2D eigenvalue weighted by Gasteiger charge is 2.11. The van der Waals surface area contributed by atoms with E-state index in [0.29, 0.717) is 11.3 Å². The maximum Gasteiger partial charge on any atom is 0.344 e. The number of aryl methyl sites for hydroxylation is 1. The highest BCUT2D eigenvalue weighted by Crippen LogP contribution is 2.23. The molecule has 0 saturated carbocycles. The number of ether oxygens (including phenoxy) is 2. The van der Waals surface area contributed by atoms with Gasteiger partial charge in [-0.25, -0.2) is 4.79 Å². The molecule has 0 heterocycles. The second-order valence-electron chi connectivity index (χ2n) is 4.03. The van der Waals surface area contributed by atoms with Gasteiger partial charge in [0, 0.05) is 12.1 Å². The van der Waals surface area contributed by atoms with Gasteiger partial charge in [-0.3, -0.25) is 10.1 Å². The average molecular weight is 253 g/mol. The van der Waals surface area contributed by atoms with Gasteiger partial charge >= 0.3 is 5.97 Å². The van der Waals surface area contributed by atoms with Crippen molar-refractivity contribution in [2.24, 2.45) is 0 Å². The topological polar surface area (TPSA) is 78.7 Å². The summed E-state index contributed by atoms with van der Waals surface area (Å²) in [6.45, 7) is 4.96. The molecule has 0 amide bonds. The number of hydrogen-bond donors (Lipinski definition) is 0. The van der Waals surface area contributed by atoms with Crippen molar-refractivity contribution >= 4 is 11.7 Å². The van der Waals surface area contributed by atoms with Crippen molar-refractivity contribution in [3.8, 4) is 5.75 Å². The zero-order valence-electron chi connectivity index (χ0n) is 10.5. The number of esters is 1. The number of nitro groups is 1. The average Bonchev–Trinajstić information content (AvgIpc) is 2.26. The van der Waals surface area contributed by atoms with Crippen molar-refractivity contribution in [2.45, 2.75) is 26.9 Å². The lowest BCUT2D eigenvalue weighted by molar-refractivity contribution is -0.384. The molecule has 0 radical (unpaired) electrons. The van der Waals surface area contributed by atoms with Crippen LogP contribution in [0.4, 0.5) is 5.69 Å². The number of rotatable bonds is 5. The van der Waals surface area contributed by atoms with Crippen LogP contribution in [0.1, 0.15) is 19.4 Å². The van der Waals surface area contributed by atoms with Gasteiger partial charge in [0.25, 0.3) is 5.69 Å². The summed E-state index contributed by atoms with van der Waals surface area (Å²) in [6.07, 6.45) is -0.195. The zero-order chi connectivity index (χ0) is 13.7. The molecule has 0 bridgehead atoms. The predicted molar refractivity (Wildman–Crippen MR) is 64.6 cm³/mol. The third-order valence-corrected chi connectivity index (χ3v) is 2.08. The smallest absolute Gasteiger partial charge is 0.344 e. The molecule has 0 atom stereocenters. The van der Waals surface area contributed by atoms with E-state index in [9.17, 15) is 14.9 Å². The molecule has 0 fully saturated rings. The highest BCUT2D eigenvalue weighted by molar-refractivity contribution is 5.71. The second-order valence-corrected chi connectivity index (χ2v) is 4.03. The summed E-state index contributed by atoms with van der Waals surface area (Å²) in [5.74, 6) is -0.0379. The first-order valence-corrected chi connectivity index (χ1v) is 5.47. The van der Waals surface area contributed by atoms with Crippen molar-refractivity contribution in [3.05, 3.63) is 33.9 Å². The quantitative estimate of drug-likeness (QED) is 0.456. The van der Waals surface area contributed by atoms with Crippen LogP contribution < -0.4 is 4.74 Å². The summed E-state index contributed by atoms with van der Waals surface area (Å²) in [6, 6.07) is 4.19. The van der Waals surface area contributed by atoms with E-state index in [1.807, 2.05) is 0 Å². The van der Waals surface area contributed by atoms with Crippen molar-refractivity contribution < 1.29 is 19.2 Å². The number of non-ortho nitro benzene ring substituents is 1. The lowest BCUT2D eigenvalue weighted by Crippen LogP contribution is -2.18. The predicted octanol–water partition coefficient (Wildman–Crippen LogP) is 2.23. The van der Waals surface area contributed by atoms with Crippen LogP contribution in [-0.4, -0.2) is 23.6 Å². The van der Waals surface area contributed by atoms with E-state index in [1.54, 1.807) is 20.8 Å². The monoisotopic (exact) mass is 253 g/mol. The van der Waals surface area contributed by atoms with Crippen LogP contribution in [-0.2, 0) is 9.53 Å². The molecular formula is C12H15NO5. The van der Waals surface area contributed by atoms with Gasteiger partial charge in [0.15, 0.2) is 6.61 Å². The number of benzene rings is 1. The van der Waals surface area contributed by atoms with Crippen molar-refractivity contribution in [1.29, 1.82) is 0 Å². The Labute approximate surface area is 105 Å². The Balaban J connectivity index is 2.63. The maximum atomic E-state index is 11.3. The molecule has 6 heteroatoms. The van der Waals surface area contributed by atoms with Gasteiger partial charge in [0.2, 0.25) is 0 Å². The van der Waals surface area contributed by atoms with Crippen molar-refractivity contribution in [1.82, 2.24) is 0 Å². The van der Waals surface area contributed by atoms with Crippen molar-refractivity contribution in [3.63, 3.8) is 0 Å². The standard InChI is InChI=1S/C12H15NO5/c1-8(2)18-12(14)7-17-11-5-4-10(13(15)16)6-9(11)3/h4-6,8H,7H2,1-3H3. The van der Waals surface area contributed by atoms with Crippen molar-refractivity contribution in [2.75, 3.05) is 6.61 Å². The van der Waals surface area contributed by atoms with Gasteiger partial charge in [0.1, 0.15) is 5.75 Å². The Bertz CT molecular complexity index is 456. The van der Waals surface area contributed by atoms with Gasteiger partial charge in [-0.05, 0) is 32.4 Å². The molecule has 1 aromatic carbocycles. The fourth-order valence-electron chi connectivity index (χ4n) is 1.34. The van der Waals surface area contributed by atoms with Crippen LogP contribution in [0.2, 0.25) is 0 Å². The minimum absolute atomic E-state index is 0.00962. The Kier molecular flexibility index (Phi) is 4.65. The van der Waals surface area contributed by atoms with E-state index in [2.05, 4.69) is 0 Å². The number of carbonyl (C=O) groups excluding carboxylic acids is 1. The molecule has 0 N–H and O–H groups in total. The number of hydrogen-bond acceptors (Lipinski definition) is 5. The summed E-state index contributed by atoms with van der Waals surface area (Å²) >= 11 is 0. The van der Waals surface area contributed by atoms with E-state index in [4.69, 9.17) is 9.47 Å². The summed E-state index contributed by atoms with van der Waals surface area (Å²) in [5.41, 5.74) is 0.589. The van der Waals surface area contributed by atoms with Crippen LogP contribution in [0.3, 0.4) is 0 Å². The van der Waals surface area contributed by atoms with Crippen LogP contribution >= 0.6 is 0 Å². The zero-order valence-corrected chi connectivity index (χ0v) is 10.5. The van der Waals surface area contributed by atoms with Crippen LogP contribution in [0, 0.1) is 17.0 Å². The van der Waals surface area contributed by atoms with Gasteiger partial charge < -0.3 is 9.47 Å². The number of nitrogens with zero attached hydrogens (tertiary/aromatic N) is 1. The molecule has 0 unspecified atom stereocenters. The van der Waals surface area contributed by atoms with Gasteiger partial charge in [-0.15, -0.1) is 0 Å². The molecule has 0 aliphatic heterocycles. The van der Waals surface area contributed by atoms with Gasteiger partial charge in [-0.1, -0.05) is 0 Å². The summed E-state index contributed by atoms with van der Waals surface area (Å²) in [5, 5.41) is 10.5. The molecule has 6 nitrogen and oxygen atoms in total. The fourth-order valence-corrected chi connectivity index (χ4v) is 1.34. The maximum absolute atomic E-state index is 11.3. The SMILES string of the molecule is Cc1cc([N+](=O)[O-])ccc1OCC(=O)OC(C)C. The molecule has 0 aromatic heterocycles. The molecule has 0 aliphatic carbocycles. The Morgan fingerprint density at radius 1 is 1.44 bits per heavy atom. The van der Waals surface area contributed by atoms with Crippen LogP contribution in [0.5, 0.6) is 5.75 Å². The van der Waals surface area contributed by atoms with Crippen LogP contribution in [0.15, 0.2) is 18.2 Å². The fraction of sp³-hybridized carbons (Fsp3) is 0.417. The van der Waals surface area contributed by atoms with Gasteiger partial charge in [0.05, 0.1) is 11.0 Å².